The first kappa shape index (κ1) is 19.7. The Morgan fingerprint density at radius 1 is 1.27 bits per heavy atom. The second-order valence-electron chi connectivity index (χ2n) is 5.69. The van der Waals surface area contributed by atoms with Gasteiger partial charge in [0.05, 0.1) is 37.6 Å². The van der Waals surface area contributed by atoms with E-state index in [0.29, 0.717) is 17.3 Å². The molecule has 8 heteroatoms. The van der Waals surface area contributed by atoms with Crippen LogP contribution in [-0.4, -0.2) is 31.6 Å². The van der Waals surface area contributed by atoms with Gasteiger partial charge in [0.15, 0.2) is 11.5 Å². The number of hydrogen-bond acceptors (Lipinski definition) is 5. The summed E-state index contributed by atoms with van der Waals surface area (Å²) in [6, 6.07) is 6.46. The van der Waals surface area contributed by atoms with Crippen molar-refractivity contribution in [1.29, 1.82) is 0 Å². The average Bonchev–Trinajstić information content (AvgIpc) is 3.12. The molecule has 0 spiro atoms. The second-order valence-corrected chi connectivity index (χ2v) is 6.10. The van der Waals surface area contributed by atoms with Crippen molar-refractivity contribution in [3.8, 4) is 11.5 Å². The molecular formula is C18H21ClN2O5. The first-order valence-electron chi connectivity index (χ1n) is 8.02. The van der Waals surface area contributed by atoms with Gasteiger partial charge in [-0.05, 0) is 38.1 Å². The quantitative estimate of drug-likeness (QED) is 0.735. The molecule has 1 aromatic heterocycles. The number of carbonyl (C=O) groups excluding carboxylic acids is 2. The number of nitrogens with one attached hydrogen (secondary N) is 2. The van der Waals surface area contributed by atoms with Gasteiger partial charge in [0.2, 0.25) is 5.91 Å². The van der Waals surface area contributed by atoms with Gasteiger partial charge in [-0.1, -0.05) is 11.6 Å². The summed E-state index contributed by atoms with van der Waals surface area (Å²) in [7, 11) is 1.46. The lowest BCUT2D eigenvalue weighted by molar-refractivity contribution is -0.120. The van der Waals surface area contributed by atoms with E-state index in [2.05, 4.69) is 10.6 Å². The van der Waals surface area contributed by atoms with Crippen LogP contribution < -0.4 is 20.1 Å². The van der Waals surface area contributed by atoms with Crippen LogP contribution in [0.15, 0.2) is 34.9 Å². The van der Waals surface area contributed by atoms with Crippen LogP contribution in [0.3, 0.4) is 0 Å². The van der Waals surface area contributed by atoms with Gasteiger partial charge in [0.25, 0.3) is 5.91 Å². The summed E-state index contributed by atoms with van der Waals surface area (Å²) in [6.07, 6.45) is 1.42. The standard InChI is InChI=1S/C18H21ClN2O5/c1-11(2)26-17-14(19)7-12(8-15(17)24-3)18(23)21-10-16(22)20-9-13-5-4-6-25-13/h4-8,11H,9-10H2,1-3H3,(H,20,22)(H,21,23). The highest BCUT2D eigenvalue weighted by atomic mass is 35.5. The summed E-state index contributed by atoms with van der Waals surface area (Å²) in [4.78, 5) is 24.1. The minimum atomic E-state index is -0.450. The third kappa shape index (κ3) is 5.42. The summed E-state index contributed by atoms with van der Waals surface area (Å²) in [6.45, 7) is 3.79. The van der Waals surface area contributed by atoms with Crippen molar-refractivity contribution < 1.29 is 23.5 Å². The van der Waals surface area contributed by atoms with Gasteiger partial charge in [0.1, 0.15) is 5.76 Å². The summed E-state index contributed by atoms with van der Waals surface area (Å²) in [5, 5.41) is 5.42. The number of amides is 2. The highest BCUT2D eigenvalue weighted by Crippen LogP contribution is 2.37. The zero-order valence-corrected chi connectivity index (χ0v) is 15.6. The fourth-order valence-corrected chi connectivity index (χ4v) is 2.38. The Hall–Kier alpha value is -2.67. The lowest BCUT2D eigenvalue weighted by Gasteiger charge is -2.16. The molecule has 2 rings (SSSR count). The molecule has 26 heavy (non-hydrogen) atoms. The van der Waals surface area contributed by atoms with E-state index in [1.54, 1.807) is 12.1 Å². The minimum Gasteiger partial charge on any atom is -0.493 e. The summed E-state index contributed by atoms with van der Waals surface area (Å²) >= 11 is 6.20. The summed E-state index contributed by atoms with van der Waals surface area (Å²) in [5.41, 5.74) is 0.266. The van der Waals surface area contributed by atoms with Crippen molar-refractivity contribution in [3.63, 3.8) is 0 Å². The van der Waals surface area contributed by atoms with Gasteiger partial charge in [-0.25, -0.2) is 0 Å². The number of benzene rings is 1. The molecule has 1 aromatic carbocycles. The Balaban J connectivity index is 1.96. The van der Waals surface area contributed by atoms with E-state index in [4.69, 9.17) is 25.5 Å². The van der Waals surface area contributed by atoms with E-state index in [1.807, 2.05) is 13.8 Å². The van der Waals surface area contributed by atoms with E-state index in [-0.39, 0.29) is 35.7 Å². The van der Waals surface area contributed by atoms with Crippen LogP contribution >= 0.6 is 11.6 Å². The fourth-order valence-electron chi connectivity index (χ4n) is 2.12. The van der Waals surface area contributed by atoms with Crippen molar-refractivity contribution in [1.82, 2.24) is 10.6 Å². The number of halogens is 1. The third-order valence-corrected chi connectivity index (χ3v) is 3.58. The molecule has 0 fully saturated rings. The molecule has 0 aliphatic carbocycles. The molecule has 0 aliphatic rings. The number of furan rings is 1. The van der Waals surface area contributed by atoms with Gasteiger partial charge >= 0.3 is 0 Å². The zero-order chi connectivity index (χ0) is 19.1. The van der Waals surface area contributed by atoms with E-state index in [1.165, 1.54) is 25.5 Å². The molecule has 0 unspecified atom stereocenters. The van der Waals surface area contributed by atoms with Crippen LogP contribution in [0.25, 0.3) is 0 Å². The van der Waals surface area contributed by atoms with Crippen LogP contribution in [0.5, 0.6) is 11.5 Å². The number of ether oxygens (including phenoxy) is 2. The normalized spacial score (nSPS) is 10.5. The van der Waals surface area contributed by atoms with Gasteiger partial charge in [-0.3, -0.25) is 9.59 Å². The molecule has 0 atom stereocenters. The molecule has 0 bridgehead atoms. The maximum atomic E-state index is 12.3. The van der Waals surface area contributed by atoms with Crippen molar-refractivity contribution in [2.45, 2.75) is 26.5 Å². The maximum Gasteiger partial charge on any atom is 0.251 e. The SMILES string of the molecule is COc1cc(C(=O)NCC(=O)NCc2ccco2)cc(Cl)c1OC(C)C. The largest absolute Gasteiger partial charge is 0.493 e. The average molecular weight is 381 g/mol. The Labute approximate surface area is 156 Å². The maximum absolute atomic E-state index is 12.3. The highest BCUT2D eigenvalue weighted by molar-refractivity contribution is 6.32. The molecule has 0 radical (unpaired) electrons. The summed E-state index contributed by atoms with van der Waals surface area (Å²) in [5.74, 6) is 0.555. The summed E-state index contributed by atoms with van der Waals surface area (Å²) < 4.78 is 16.0. The molecule has 0 aliphatic heterocycles. The van der Waals surface area contributed by atoms with Crippen molar-refractivity contribution in [2.24, 2.45) is 0 Å². The first-order valence-corrected chi connectivity index (χ1v) is 8.40. The molecule has 2 aromatic rings. The molecule has 140 valence electrons. The van der Waals surface area contributed by atoms with Crippen LogP contribution in [0.4, 0.5) is 0 Å². The Kier molecular flexibility index (Phi) is 6.91. The van der Waals surface area contributed by atoms with E-state index < -0.39 is 5.91 Å². The van der Waals surface area contributed by atoms with Gasteiger partial charge in [0, 0.05) is 5.56 Å². The molecule has 1 heterocycles. The van der Waals surface area contributed by atoms with Crippen molar-refractivity contribution in [3.05, 3.63) is 46.9 Å². The molecule has 0 saturated heterocycles. The monoisotopic (exact) mass is 380 g/mol. The Morgan fingerprint density at radius 2 is 2.04 bits per heavy atom. The highest BCUT2D eigenvalue weighted by Gasteiger charge is 2.17. The van der Waals surface area contributed by atoms with Crippen LogP contribution in [0, 0.1) is 0 Å². The topological polar surface area (TPSA) is 89.8 Å². The van der Waals surface area contributed by atoms with E-state index in [0.717, 1.165) is 0 Å². The molecule has 2 amide bonds. The second kappa shape index (κ2) is 9.15. The minimum absolute atomic E-state index is 0.0982. The van der Waals surface area contributed by atoms with Crippen LogP contribution in [0.2, 0.25) is 5.02 Å². The van der Waals surface area contributed by atoms with E-state index in [9.17, 15) is 9.59 Å². The number of methoxy groups -OCH3 is 1. The fraction of sp³-hybridized carbons (Fsp3) is 0.333. The van der Waals surface area contributed by atoms with Gasteiger partial charge in [-0.15, -0.1) is 0 Å². The predicted octanol–water partition coefficient (Wildman–Crippen LogP) is 2.78. The zero-order valence-electron chi connectivity index (χ0n) is 14.8. The van der Waals surface area contributed by atoms with Crippen LogP contribution in [-0.2, 0) is 11.3 Å². The lowest BCUT2D eigenvalue weighted by atomic mass is 10.2. The first-order chi connectivity index (χ1) is 12.4. The molecule has 0 saturated carbocycles. The number of hydrogen-bond donors (Lipinski definition) is 2. The molecule has 7 nitrogen and oxygen atoms in total. The van der Waals surface area contributed by atoms with Crippen LogP contribution in [0.1, 0.15) is 30.0 Å². The number of carbonyl (C=O) groups is 2. The molecular weight excluding hydrogens is 360 g/mol. The Morgan fingerprint density at radius 3 is 2.65 bits per heavy atom. The lowest BCUT2D eigenvalue weighted by Crippen LogP contribution is -2.36. The molecule has 2 N–H and O–H groups in total. The third-order valence-electron chi connectivity index (χ3n) is 3.29. The Bertz CT molecular complexity index is 759. The smallest absolute Gasteiger partial charge is 0.251 e. The van der Waals surface area contributed by atoms with Gasteiger partial charge in [-0.2, -0.15) is 0 Å². The van der Waals surface area contributed by atoms with Crippen molar-refractivity contribution >= 4 is 23.4 Å². The number of rotatable bonds is 8. The van der Waals surface area contributed by atoms with Crippen molar-refractivity contribution in [2.75, 3.05) is 13.7 Å². The van der Waals surface area contributed by atoms with E-state index >= 15 is 0 Å². The predicted molar refractivity (Wildman–Crippen MR) is 96.7 cm³/mol. The van der Waals surface area contributed by atoms with Gasteiger partial charge < -0.3 is 24.5 Å².